The lowest BCUT2D eigenvalue weighted by atomic mass is 9.89. The van der Waals surface area contributed by atoms with E-state index >= 15 is 4.39 Å². The molecule has 3 fully saturated rings. The van der Waals surface area contributed by atoms with Crippen LogP contribution in [0.15, 0.2) is 12.2 Å². The highest BCUT2D eigenvalue weighted by Crippen LogP contribution is 2.42. The number of ether oxygens (including phenoxy) is 3. The van der Waals surface area contributed by atoms with E-state index < -0.39 is 11.8 Å². The first-order chi connectivity index (χ1) is 12.5. The molecule has 0 amide bonds. The lowest BCUT2D eigenvalue weighted by Crippen LogP contribution is -2.40. The first-order valence-electron chi connectivity index (χ1n) is 10.3. The molecule has 2 saturated heterocycles. The van der Waals surface area contributed by atoms with Gasteiger partial charge in [-0.3, -0.25) is 4.79 Å². The molecule has 0 bridgehead atoms. The zero-order valence-electron chi connectivity index (χ0n) is 16.1. The lowest BCUT2D eigenvalue weighted by Gasteiger charge is -2.33. The Morgan fingerprint density at radius 1 is 1.35 bits per heavy atom. The van der Waals surface area contributed by atoms with E-state index in [1.54, 1.807) is 6.92 Å². The maximum atomic E-state index is 15.4. The van der Waals surface area contributed by atoms with E-state index in [9.17, 15) is 4.79 Å². The molecule has 1 aliphatic carbocycles. The Labute approximate surface area is 156 Å². The molecule has 4 nitrogen and oxygen atoms in total. The number of alkyl halides is 1. The van der Waals surface area contributed by atoms with Gasteiger partial charge in [0.2, 0.25) is 0 Å². The Kier molecular flexibility index (Phi) is 6.73. The van der Waals surface area contributed by atoms with E-state index in [1.807, 2.05) is 6.08 Å². The molecule has 148 valence electrons. The van der Waals surface area contributed by atoms with Gasteiger partial charge >= 0.3 is 5.97 Å². The van der Waals surface area contributed by atoms with Crippen molar-refractivity contribution in [3.05, 3.63) is 12.2 Å². The fourth-order valence-corrected chi connectivity index (χ4v) is 4.42. The number of esters is 1. The fraction of sp³-hybridized carbons (Fsp3) is 0.857. The predicted molar refractivity (Wildman–Crippen MR) is 97.4 cm³/mol. The van der Waals surface area contributed by atoms with Crippen LogP contribution >= 0.6 is 0 Å². The summed E-state index contributed by atoms with van der Waals surface area (Å²) in [7, 11) is 0. The number of hydrogen-bond acceptors (Lipinski definition) is 4. The van der Waals surface area contributed by atoms with Crippen molar-refractivity contribution in [2.24, 2.45) is 11.8 Å². The van der Waals surface area contributed by atoms with Crippen molar-refractivity contribution in [2.45, 2.75) is 95.8 Å². The highest BCUT2D eigenvalue weighted by Gasteiger charge is 2.44. The third-order valence-electron chi connectivity index (χ3n) is 6.08. The molecule has 5 heteroatoms. The summed E-state index contributed by atoms with van der Waals surface area (Å²) >= 11 is 0. The maximum absolute atomic E-state index is 15.4. The molecular formula is C21H33FO4. The minimum absolute atomic E-state index is 0.0510. The molecular weight excluding hydrogens is 335 g/mol. The third kappa shape index (κ3) is 4.86. The van der Waals surface area contributed by atoms with Gasteiger partial charge in [0.1, 0.15) is 17.9 Å². The smallest absolute Gasteiger partial charge is 0.306 e. The van der Waals surface area contributed by atoms with E-state index in [-0.39, 0.29) is 30.2 Å². The van der Waals surface area contributed by atoms with Gasteiger partial charge in [0.25, 0.3) is 0 Å². The molecule has 1 saturated carbocycles. The Hall–Kier alpha value is -0.940. The van der Waals surface area contributed by atoms with Crippen molar-refractivity contribution in [2.75, 3.05) is 6.61 Å². The quantitative estimate of drug-likeness (QED) is 0.459. The molecule has 0 aromatic heterocycles. The van der Waals surface area contributed by atoms with Crippen LogP contribution in [-0.2, 0) is 19.0 Å². The summed E-state index contributed by atoms with van der Waals surface area (Å²) in [6.07, 6.45) is 10.7. The average molecular weight is 368 g/mol. The largest absolute Gasteiger partial charge is 0.462 e. The number of rotatable bonds is 8. The van der Waals surface area contributed by atoms with Crippen LogP contribution in [0.5, 0.6) is 0 Å². The van der Waals surface area contributed by atoms with E-state index in [0.29, 0.717) is 19.4 Å². The molecule has 0 aromatic carbocycles. The van der Waals surface area contributed by atoms with Gasteiger partial charge in [-0.05, 0) is 51.4 Å². The molecule has 2 heterocycles. The second-order valence-corrected chi connectivity index (χ2v) is 8.26. The van der Waals surface area contributed by atoms with Gasteiger partial charge in [0.05, 0.1) is 6.42 Å². The number of hydrogen-bond donors (Lipinski definition) is 0. The number of allylic oxidation sites excluding steroid dienone is 1. The van der Waals surface area contributed by atoms with Crippen LogP contribution in [0.1, 0.15) is 71.6 Å². The highest BCUT2D eigenvalue weighted by molar-refractivity contribution is 5.72. The zero-order valence-corrected chi connectivity index (χ0v) is 16.1. The molecule has 0 spiro atoms. The normalized spacial score (nSPS) is 35.3. The van der Waals surface area contributed by atoms with Crippen molar-refractivity contribution < 1.29 is 23.4 Å². The van der Waals surface area contributed by atoms with E-state index in [1.165, 1.54) is 0 Å². The second-order valence-electron chi connectivity index (χ2n) is 8.26. The van der Waals surface area contributed by atoms with Gasteiger partial charge in [-0.15, -0.1) is 0 Å². The van der Waals surface area contributed by atoms with Crippen molar-refractivity contribution >= 4 is 5.97 Å². The molecule has 26 heavy (non-hydrogen) atoms. The topological polar surface area (TPSA) is 44.8 Å². The van der Waals surface area contributed by atoms with Gasteiger partial charge in [-0.2, -0.15) is 0 Å². The van der Waals surface area contributed by atoms with Crippen LogP contribution in [0, 0.1) is 11.8 Å². The zero-order chi connectivity index (χ0) is 18.6. The summed E-state index contributed by atoms with van der Waals surface area (Å²) in [6, 6.07) is 0. The predicted octanol–water partition coefficient (Wildman–Crippen LogP) is 4.71. The van der Waals surface area contributed by atoms with E-state index in [0.717, 1.165) is 44.9 Å². The van der Waals surface area contributed by atoms with Crippen LogP contribution in [-0.4, -0.2) is 36.7 Å². The minimum Gasteiger partial charge on any atom is -0.462 e. The average Bonchev–Trinajstić information content (AvgIpc) is 3.17. The summed E-state index contributed by atoms with van der Waals surface area (Å²) in [5.74, 6) is 0.415. The maximum Gasteiger partial charge on any atom is 0.306 e. The standard InChI is InChI=1S/C21H33FO4/c1-3-4-12-21(2,22)18(26-20-7-5-6-13-24-20)11-9-15-8-10-17-16(15)14-19(23)25-17/h9,11,15-18,20H,3-8,10,12-14H2,1-2H3/t15-,16-,17+,18+,20?,21?/m0/s1. The van der Waals surface area contributed by atoms with Gasteiger partial charge < -0.3 is 14.2 Å². The van der Waals surface area contributed by atoms with Crippen LogP contribution in [0.4, 0.5) is 4.39 Å². The van der Waals surface area contributed by atoms with Crippen molar-refractivity contribution in [1.29, 1.82) is 0 Å². The Bertz CT molecular complexity index is 498. The Morgan fingerprint density at radius 2 is 2.19 bits per heavy atom. The summed E-state index contributed by atoms with van der Waals surface area (Å²) in [4.78, 5) is 11.5. The highest BCUT2D eigenvalue weighted by atomic mass is 19.1. The van der Waals surface area contributed by atoms with E-state index in [2.05, 4.69) is 13.0 Å². The molecule has 3 aliphatic rings. The molecule has 0 radical (unpaired) electrons. The van der Waals surface area contributed by atoms with Gasteiger partial charge in [0, 0.05) is 12.5 Å². The summed E-state index contributed by atoms with van der Waals surface area (Å²) < 4.78 is 32.5. The van der Waals surface area contributed by atoms with Crippen molar-refractivity contribution in [3.8, 4) is 0 Å². The second kappa shape index (κ2) is 8.83. The summed E-state index contributed by atoms with van der Waals surface area (Å²) in [5, 5.41) is 0. The van der Waals surface area contributed by atoms with Gasteiger partial charge in [-0.1, -0.05) is 31.9 Å². The third-order valence-corrected chi connectivity index (χ3v) is 6.08. The summed E-state index contributed by atoms with van der Waals surface area (Å²) in [5.41, 5.74) is -1.42. The first-order valence-corrected chi connectivity index (χ1v) is 10.3. The minimum atomic E-state index is -1.42. The Morgan fingerprint density at radius 3 is 2.92 bits per heavy atom. The van der Waals surface area contributed by atoms with Crippen molar-refractivity contribution in [1.82, 2.24) is 0 Å². The van der Waals surface area contributed by atoms with Gasteiger partial charge in [0.15, 0.2) is 6.29 Å². The lowest BCUT2D eigenvalue weighted by molar-refractivity contribution is -0.201. The first kappa shape index (κ1) is 19.8. The van der Waals surface area contributed by atoms with Crippen molar-refractivity contribution in [3.63, 3.8) is 0 Å². The number of halogens is 1. The molecule has 6 atom stereocenters. The Balaban J connectivity index is 1.66. The number of carbonyl (C=O) groups is 1. The monoisotopic (exact) mass is 368 g/mol. The molecule has 2 aliphatic heterocycles. The SMILES string of the molecule is CCCCC(C)(F)[C@@H](C=C[C@@H]1CC[C@H]2OC(=O)C[C@@H]12)OC1CCCCO1. The number of unbranched alkanes of at least 4 members (excludes halogenated alkanes) is 1. The van der Waals surface area contributed by atoms with E-state index in [4.69, 9.17) is 14.2 Å². The van der Waals surface area contributed by atoms with Crippen LogP contribution < -0.4 is 0 Å². The molecule has 3 rings (SSSR count). The van der Waals surface area contributed by atoms with Crippen LogP contribution in [0.3, 0.4) is 0 Å². The van der Waals surface area contributed by atoms with Crippen LogP contribution in [0.25, 0.3) is 0 Å². The molecule has 0 N–H and O–H groups in total. The molecule has 2 unspecified atom stereocenters. The van der Waals surface area contributed by atoms with Gasteiger partial charge in [-0.25, -0.2) is 4.39 Å². The number of fused-ring (bicyclic) bond motifs is 1. The van der Waals surface area contributed by atoms with Crippen LogP contribution in [0.2, 0.25) is 0 Å². The fourth-order valence-electron chi connectivity index (χ4n) is 4.42. The number of carbonyl (C=O) groups excluding carboxylic acids is 1. The molecule has 0 aromatic rings. The summed E-state index contributed by atoms with van der Waals surface area (Å²) in [6.45, 7) is 4.40.